The summed E-state index contributed by atoms with van der Waals surface area (Å²) in [5, 5.41) is 7.03. The Bertz CT molecular complexity index is 1070. The van der Waals surface area contributed by atoms with Crippen molar-refractivity contribution in [3.05, 3.63) is 74.3 Å². The number of alkyl halides is 3. The fraction of sp³-hybridized carbons (Fsp3) is 0.0625. The van der Waals surface area contributed by atoms with Crippen LogP contribution in [0.15, 0.2) is 52.1 Å². The van der Waals surface area contributed by atoms with Crippen LogP contribution in [-0.2, 0) is 6.18 Å². The van der Waals surface area contributed by atoms with E-state index in [-0.39, 0.29) is 22.0 Å². The number of aromatic nitrogens is 2. The van der Waals surface area contributed by atoms with Gasteiger partial charge in [0.05, 0.1) is 16.3 Å². The molecule has 0 atom stereocenters. The van der Waals surface area contributed by atoms with Crippen LogP contribution in [0.3, 0.4) is 0 Å². The van der Waals surface area contributed by atoms with Crippen molar-refractivity contribution in [1.82, 2.24) is 10.2 Å². The SMILES string of the molecule is O=C(Nc1ccc2c(=O)[nH][nH]c(=O)c2c1)c1ccc(C(F)(F)F)cc1. The Morgan fingerprint density at radius 3 is 2.08 bits per heavy atom. The Labute approximate surface area is 137 Å². The van der Waals surface area contributed by atoms with Crippen LogP contribution in [0.25, 0.3) is 10.8 Å². The third-order valence-electron chi connectivity index (χ3n) is 3.53. The van der Waals surface area contributed by atoms with Crippen LogP contribution in [-0.4, -0.2) is 16.1 Å². The molecule has 128 valence electrons. The molecule has 6 nitrogen and oxygen atoms in total. The van der Waals surface area contributed by atoms with E-state index in [1.54, 1.807) is 0 Å². The Hall–Kier alpha value is -3.36. The van der Waals surface area contributed by atoms with Crippen LogP contribution >= 0.6 is 0 Å². The monoisotopic (exact) mass is 349 g/mol. The third-order valence-corrected chi connectivity index (χ3v) is 3.53. The maximum absolute atomic E-state index is 12.5. The van der Waals surface area contributed by atoms with Gasteiger partial charge >= 0.3 is 6.18 Å². The van der Waals surface area contributed by atoms with Gasteiger partial charge in [0.2, 0.25) is 0 Å². The van der Waals surface area contributed by atoms with E-state index in [0.29, 0.717) is 0 Å². The van der Waals surface area contributed by atoms with Crippen LogP contribution in [0.4, 0.5) is 18.9 Å². The zero-order chi connectivity index (χ0) is 18.2. The number of anilines is 1. The number of benzene rings is 2. The summed E-state index contributed by atoms with van der Waals surface area (Å²) in [5.74, 6) is -0.644. The van der Waals surface area contributed by atoms with Crippen molar-refractivity contribution in [2.24, 2.45) is 0 Å². The molecule has 0 saturated carbocycles. The summed E-state index contributed by atoms with van der Waals surface area (Å²) in [6.45, 7) is 0. The molecule has 1 amide bonds. The topological polar surface area (TPSA) is 94.8 Å². The quantitative estimate of drug-likeness (QED) is 0.663. The molecule has 1 aromatic heterocycles. The van der Waals surface area contributed by atoms with Crippen molar-refractivity contribution in [3.63, 3.8) is 0 Å². The summed E-state index contributed by atoms with van der Waals surface area (Å²) in [5.41, 5.74) is -1.64. The maximum Gasteiger partial charge on any atom is 0.416 e. The number of carbonyl (C=O) groups excluding carboxylic acids is 1. The molecule has 1 heterocycles. The van der Waals surface area contributed by atoms with Crippen LogP contribution in [0.1, 0.15) is 15.9 Å². The van der Waals surface area contributed by atoms with Gasteiger partial charge in [-0.3, -0.25) is 24.6 Å². The van der Waals surface area contributed by atoms with Crippen molar-refractivity contribution >= 4 is 22.4 Å². The van der Waals surface area contributed by atoms with Crippen LogP contribution in [0.2, 0.25) is 0 Å². The predicted molar refractivity (Wildman–Crippen MR) is 84.6 cm³/mol. The van der Waals surface area contributed by atoms with Crippen molar-refractivity contribution in [2.75, 3.05) is 5.32 Å². The first-order chi connectivity index (χ1) is 11.8. The number of rotatable bonds is 2. The standard InChI is InChI=1S/C16H10F3N3O3/c17-16(18,19)9-3-1-8(2-4-9)13(23)20-10-5-6-11-12(7-10)15(25)22-21-14(11)24/h1-7H,(H,20,23)(H,21,24)(H,22,25). The fourth-order valence-corrected chi connectivity index (χ4v) is 2.27. The summed E-state index contributed by atoms with van der Waals surface area (Å²) < 4.78 is 37.6. The number of carbonyl (C=O) groups is 1. The summed E-state index contributed by atoms with van der Waals surface area (Å²) in [7, 11) is 0. The highest BCUT2D eigenvalue weighted by Gasteiger charge is 2.30. The van der Waals surface area contributed by atoms with Gasteiger partial charge in [-0.05, 0) is 42.5 Å². The summed E-state index contributed by atoms with van der Waals surface area (Å²) in [4.78, 5) is 35.4. The van der Waals surface area contributed by atoms with Gasteiger partial charge in [0, 0.05) is 11.3 Å². The molecule has 0 aliphatic heterocycles. The average molecular weight is 349 g/mol. The van der Waals surface area contributed by atoms with Crippen molar-refractivity contribution in [3.8, 4) is 0 Å². The maximum atomic E-state index is 12.5. The molecule has 3 N–H and O–H groups in total. The van der Waals surface area contributed by atoms with Gasteiger partial charge in [-0.1, -0.05) is 0 Å². The summed E-state index contributed by atoms with van der Waals surface area (Å²) in [6, 6.07) is 7.81. The Morgan fingerprint density at radius 1 is 0.880 bits per heavy atom. The zero-order valence-corrected chi connectivity index (χ0v) is 12.4. The second kappa shape index (κ2) is 5.93. The number of hydrogen-bond acceptors (Lipinski definition) is 3. The summed E-state index contributed by atoms with van der Waals surface area (Å²) in [6.07, 6.45) is -4.48. The van der Waals surface area contributed by atoms with E-state index >= 15 is 0 Å². The highest BCUT2D eigenvalue weighted by molar-refractivity contribution is 6.05. The van der Waals surface area contributed by atoms with Crippen molar-refractivity contribution in [1.29, 1.82) is 0 Å². The van der Waals surface area contributed by atoms with Crippen LogP contribution < -0.4 is 16.4 Å². The average Bonchev–Trinajstić information content (AvgIpc) is 2.58. The minimum absolute atomic E-state index is 0.0212. The molecule has 0 aliphatic rings. The van der Waals surface area contributed by atoms with Gasteiger partial charge in [-0.2, -0.15) is 13.2 Å². The van der Waals surface area contributed by atoms with E-state index in [4.69, 9.17) is 0 Å². The molecule has 0 fully saturated rings. The highest BCUT2D eigenvalue weighted by Crippen LogP contribution is 2.29. The molecule has 0 saturated heterocycles. The van der Waals surface area contributed by atoms with Crippen molar-refractivity contribution in [2.45, 2.75) is 6.18 Å². The summed E-state index contributed by atoms with van der Waals surface area (Å²) >= 11 is 0. The van der Waals surface area contributed by atoms with Gasteiger partial charge in [0.1, 0.15) is 0 Å². The van der Waals surface area contributed by atoms with E-state index in [1.807, 2.05) is 0 Å². The smallest absolute Gasteiger partial charge is 0.322 e. The van der Waals surface area contributed by atoms with E-state index in [2.05, 4.69) is 15.5 Å². The molecule has 3 rings (SSSR count). The van der Waals surface area contributed by atoms with Gasteiger partial charge in [0.25, 0.3) is 17.0 Å². The Kier molecular flexibility index (Phi) is 3.91. The minimum Gasteiger partial charge on any atom is -0.322 e. The Morgan fingerprint density at radius 2 is 1.48 bits per heavy atom. The molecular weight excluding hydrogens is 339 g/mol. The normalized spacial score (nSPS) is 11.5. The molecule has 0 bridgehead atoms. The number of hydrogen-bond donors (Lipinski definition) is 3. The number of amides is 1. The first-order valence-electron chi connectivity index (χ1n) is 6.99. The molecule has 2 aromatic carbocycles. The predicted octanol–water partition coefficient (Wildman–Crippen LogP) is 2.49. The largest absolute Gasteiger partial charge is 0.416 e. The van der Waals surface area contributed by atoms with Crippen LogP contribution in [0, 0.1) is 0 Å². The lowest BCUT2D eigenvalue weighted by atomic mass is 10.1. The minimum atomic E-state index is -4.48. The molecule has 0 radical (unpaired) electrons. The molecular formula is C16H10F3N3O3. The number of nitrogens with one attached hydrogen (secondary N) is 3. The zero-order valence-electron chi connectivity index (χ0n) is 12.4. The lowest BCUT2D eigenvalue weighted by Gasteiger charge is -2.09. The van der Waals surface area contributed by atoms with Gasteiger partial charge in [-0.25, -0.2) is 0 Å². The molecule has 9 heteroatoms. The van der Waals surface area contributed by atoms with E-state index in [1.165, 1.54) is 18.2 Å². The van der Waals surface area contributed by atoms with E-state index in [9.17, 15) is 27.6 Å². The molecule has 0 aliphatic carbocycles. The number of H-pyrrole nitrogens is 2. The second-order valence-electron chi connectivity index (χ2n) is 5.20. The third kappa shape index (κ3) is 3.30. The fourth-order valence-electron chi connectivity index (χ4n) is 2.27. The van der Waals surface area contributed by atoms with Crippen LogP contribution in [0.5, 0.6) is 0 Å². The lowest BCUT2D eigenvalue weighted by molar-refractivity contribution is -0.137. The van der Waals surface area contributed by atoms with Gasteiger partial charge < -0.3 is 5.32 Å². The van der Waals surface area contributed by atoms with E-state index < -0.39 is 28.8 Å². The number of fused-ring (bicyclic) bond motifs is 1. The molecule has 25 heavy (non-hydrogen) atoms. The van der Waals surface area contributed by atoms with Crippen molar-refractivity contribution < 1.29 is 18.0 Å². The molecule has 0 spiro atoms. The second-order valence-corrected chi connectivity index (χ2v) is 5.20. The lowest BCUT2D eigenvalue weighted by Crippen LogP contribution is -2.19. The van der Waals surface area contributed by atoms with Gasteiger partial charge in [0.15, 0.2) is 0 Å². The van der Waals surface area contributed by atoms with E-state index in [0.717, 1.165) is 24.3 Å². The Balaban J connectivity index is 1.88. The van der Waals surface area contributed by atoms with Gasteiger partial charge in [-0.15, -0.1) is 0 Å². The first-order valence-corrected chi connectivity index (χ1v) is 6.99. The molecule has 0 unspecified atom stereocenters. The first kappa shape index (κ1) is 16.5. The highest BCUT2D eigenvalue weighted by atomic mass is 19.4. The number of aromatic amines is 2. The number of halogens is 3. The molecule has 3 aromatic rings.